The highest BCUT2D eigenvalue weighted by atomic mass is 79.9. The van der Waals surface area contributed by atoms with E-state index >= 15 is 0 Å². The second-order valence-electron chi connectivity index (χ2n) is 5.03. The van der Waals surface area contributed by atoms with Crippen LogP contribution in [0.5, 0.6) is 0 Å². The molecule has 0 aliphatic carbocycles. The smallest absolute Gasteiger partial charge is 0.187 e. The molecular formula is C13H18BrNO3S. The molecule has 106 valence electrons. The standard InChI is InChI=1S/C13H18BrNO3S/c1-15(9-13(17)3-5-18-6-4-13)8-11(16)12-10(14)2-7-19-12/h2,7,17H,3-6,8-9H2,1H3. The quantitative estimate of drug-likeness (QED) is 0.829. The Labute approximate surface area is 125 Å². The Kier molecular flexibility index (Phi) is 5.14. The van der Waals surface area contributed by atoms with Crippen LogP contribution in [0.1, 0.15) is 22.5 Å². The first-order valence-corrected chi connectivity index (χ1v) is 7.92. The Morgan fingerprint density at radius 3 is 2.84 bits per heavy atom. The molecule has 0 atom stereocenters. The van der Waals surface area contributed by atoms with Crippen molar-refractivity contribution in [1.29, 1.82) is 0 Å². The van der Waals surface area contributed by atoms with Gasteiger partial charge < -0.3 is 9.84 Å². The third-order valence-electron chi connectivity index (χ3n) is 3.27. The van der Waals surface area contributed by atoms with Crippen molar-refractivity contribution < 1.29 is 14.6 Å². The maximum Gasteiger partial charge on any atom is 0.187 e. The van der Waals surface area contributed by atoms with Crippen molar-refractivity contribution >= 4 is 33.0 Å². The number of nitrogens with zero attached hydrogens (tertiary/aromatic N) is 1. The second kappa shape index (κ2) is 6.45. The first-order valence-electron chi connectivity index (χ1n) is 6.25. The lowest BCUT2D eigenvalue weighted by Gasteiger charge is -2.35. The highest BCUT2D eigenvalue weighted by molar-refractivity contribution is 9.10. The van der Waals surface area contributed by atoms with Crippen molar-refractivity contribution in [3.8, 4) is 0 Å². The predicted octanol–water partition coefficient (Wildman–Crippen LogP) is 2.17. The summed E-state index contributed by atoms with van der Waals surface area (Å²) in [7, 11) is 1.87. The zero-order valence-corrected chi connectivity index (χ0v) is 13.3. The van der Waals surface area contributed by atoms with E-state index in [1.165, 1.54) is 11.3 Å². The number of aliphatic hydroxyl groups is 1. The molecule has 0 bridgehead atoms. The lowest BCUT2D eigenvalue weighted by molar-refractivity contribution is -0.0758. The van der Waals surface area contributed by atoms with Crippen LogP contribution in [0, 0.1) is 0 Å². The summed E-state index contributed by atoms with van der Waals surface area (Å²) in [5.41, 5.74) is -0.722. The van der Waals surface area contributed by atoms with Crippen molar-refractivity contribution in [1.82, 2.24) is 4.90 Å². The molecule has 19 heavy (non-hydrogen) atoms. The monoisotopic (exact) mass is 347 g/mol. The van der Waals surface area contributed by atoms with Crippen LogP contribution in [0.3, 0.4) is 0 Å². The van der Waals surface area contributed by atoms with Crippen molar-refractivity contribution in [3.63, 3.8) is 0 Å². The largest absolute Gasteiger partial charge is 0.388 e. The molecule has 1 aliphatic heterocycles. The van der Waals surface area contributed by atoms with E-state index in [1.54, 1.807) is 0 Å². The molecule has 0 aromatic carbocycles. The Morgan fingerprint density at radius 1 is 1.58 bits per heavy atom. The Balaban J connectivity index is 1.89. The van der Waals surface area contributed by atoms with Gasteiger partial charge in [-0.3, -0.25) is 9.69 Å². The molecule has 1 fully saturated rings. The molecule has 0 saturated carbocycles. The van der Waals surface area contributed by atoms with Gasteiger partial charge in [0.05, 0.1) is 17.0 Å². The fourth-order valence-electron chi connectivity index (χ4n) is 2.28. The van der Waals surface area contributed by atoms with E-state index in [0.29, 0.717) is 39.1 Å². The van der Waals surface area contributed by atoms with E-state index in [9.17, 15) is 9.90 Å². The fraction of sp³-hybridized carbons (Fsp3) is 0.615. The normalized spacial score (nSPS) is 18.7. The van der Waals surface area contributed by atoms with Crippen molar-refractivity contribution in [2.75, 3.05) is 33.4 Å². The number of ether oxygens (including phenoxy) is 1. The third-order valence-corrected chi connectivity index (χ3v) is 5.15. The second-order valence-corrected chi connectivity index (χ2v) is 6.80. The molecule has 4 nitrogen and oxygen atoms in total. The van der Waals surface area contributed by atoms with Gasteiger partial charge in [-0.05, 0) is 34.4 Å². The average Bonchev–Trinajstić information content (AvgIpc) is 2.75. The molecule has 0 unspecified atom stereocenters. The number of hydrogen-bond acceptors (Lipinski definition) is 5. The van der Waals surface area contributed by atoms with Gasteiger partial charge in [0.1, 0.15) is 0 Å². The number of rotatable bonds is 5. The summed E-state index contributed by atoms with van der Waals surface area (Å²) < 4.78 is 6.10. The Morgan fingerprint density at radius 2 is 2.26 bits per heavy atom. The summed E-state index contributed by atoms with van der Waals surface area (Å²) in [6.07, 6.45) is 1.27. The van der Waals surface area contributed by atoms with Crippen LogP contribution in [0.25, 0.3) is 0 Å². The van der Waals surface area contributed by atoms with Crippen LogP contribution in [0.2, 0.25) is 0 Å². The SMILES string of the molecule is CN(CC(=O)c1sccc1Br)CC1(O)CCOCC1. The van der Waals surface area contributed by atoms with Gasteiger partial charge in [0.2, 0.25) is 0 Å². The number of carbonyl (C=O) groups excluding carboxylic acids is 1. The summed E-state index contributed by atoms with van der Waals surface area (Å²) in [6, 6.07) is 1.88. The molecule has 0 spiro atoms. The summed E-state index contributed by atoms with van der Waals surface area (Å²) in [5.74, 6) is 0.0834. The van der Waals surface area contributed by atoms with Crippen LogP contribution < -0.4 is 0 Å². The van der Waals surface area contributed by atoms with Gasteiger partial charge in [-0.25, -0.2) is 0 Å². The lowest BCUT2D eigenvalue weighted by Crippen LogP contribution is -2.46. The van der Waals surface area contributed by atoms with E-state index in [1.807, 2.05) is 23.4 Å². The predicted molar refractivity (Wildman–Crippen MR) is 78.8 cm³/mol. The van der Waals surface area contributed by atoms with Crippen molar-refractivity contribution in [2.45, 2.75) is 18.4 Å². The van der Waals surface area contributed by atoms with Crippen LogP contribution in [0.4, 0.5) is 0 Å². The topological polar surface area (TPSA) is 49.8 Å². The molecule has 2 heterocycles. The van der Waals surface area contributed by atoms with Gasteiger partial charge in [-0.1, -0.05) is 0 Å². The van der Waals surface area contributed by atoms with Gasteiger partial charge in [-0.2, -0.15) is 0 Å². The number of thiophene rings is 1. The van der Waals surface area contributed by atoms with Crippen molar-refractivity contribution in [3.05, 3.63) is 20.8 Å². The van der Waals surface area contributed by atoms with Gasteiger partial charge in [0.15, 0.2) is 5.78 Å². The van der Waals surface area contributed by atoms with Gasteiger partial charge >= 0.3 is 0 Å². The van der Waals surface area contributed by atoms with E-state index < -0.39 is 5.60 Å². The molecule has 0 radical (unpaired) electrons. The zero-order valence-electron chi connectivity index (χ0n) is 10.9. The lowest BCUT2D eigenvalue weighted by atomic mass is 9.94. The Bertz CT molecular complexity index is 443. The molecule has 1 aromatic rings. The first kappa shape index (κ1) is 15.1. The summed E-state index contributed by atoms with van der Waals surface area (Å²) in [4.78, 5) is 14.7. The van der Waals surface area contributed by atoms with E-state index in [2.05, 4.69) is 15.9 Å². The number of ketones is 1. The maximum absolute atomic E-state index is 12.1. The van der Waals surface area contributed by atoms with Crippen LogP contribution in [0.15, 0.2) is 15.9 Å². The van der Waals surface area contributed by atoms with Gasteiger partial charge in [-0.15, -0.1) is 11.3 Å². The summed E-state index contributed by atoms with van der Waals surface area (Å²) >= 11 is 4.81. The molecule has 2 rings (SSSR count). The zero-order chi connectivity index (χ0) is 13.9. The van der Waals surface area contributed by atoms with Crippen LogP contribution >= 0.6 is 27.3 Å². The minimum absolute atomic E-state index is 0.0834. The summed E-state index contributed by atoms with van der Waals surface area (Å²) in [5, 5.41) is 12.3. The molecule has 1 saturated heterocycles. The number of halogens is 1. The van der Waals surface area contributed by atoms with Gasteiger partial charge in [0, 0.05) is 37.1 Å². The molecule has 1 aromatic heterocycles. The first-order chi connectivity index (χ1) is 9.00. The highest BCUT2D eigenvalue weighted by Crippen LogP contribution is 2.24. The van der Waals surface area contributed by atoms with E-state index in [-0.39, 0.29) is 5.78 Å². The molecule has 1 aliphatic rings. The number of Topliss-reactive ketones (excluding diaryl/α,β-unsaturated/α-hetero) is 1. The molecule has 6 heteroatoms. The molecule has 1 N–H and O–H groups in total. The van der Waals surface area contributed by atoms with Crippen LogP contribution in [-0.2, 0) is 4.74 Å². The van der Waals surface area contributed by atoms with Crippen molar-refractivity contribution in [2.24, 2.45) is 0 Å². The fourth-order valence-corrected chi connectivity index (χ4v) is 3.80. The van der Waals surface area contributed by atoms with E-state index in [4.69, 9.17) is 4.74 Å². The maximum atomic E-state index is 12.1. The molecular weight excluding hydrogens is 330 g/mol. The van der Waals surface area contributed by atoms with E-state index in [0.717, 1.165) is 9.35 Å². The van der Waals surface area contributed by atoms with Crippen LogP contribution in [-0.4, -0.2) is 54.7 Å². The number of hydrogen-bond donors (Lipinski definition) is 1. The Hall–Kier alpha value is -0.270. The minimum atomic E-state index is -0.722. The summed E-state index contributed by atoms with van der Waals surface area (Å²) in [6.45, 7) is 2.01. The number of likely N-dealkylation sites (N-methyl/N-ethyl adjacent to an activating group) is 1. The third kappa shape index (κ3) is 4.10. The van der Waals surface area contributed by atoms with Gasteiger partial charge in [0.25, 0.3) is 0 Å². The number of carbonyl (C=O) groups is 1. The highest BCUT2D eigenvalue weighted by Gasteiger charge is 2.31. The minimum Gasteiger partial charge on any atom is -0.388 e. The molecule has 0 amide bonds. The average molecular weight is 348 g/mol.